The molecule has 0 saturated heterocycles. The molecule has 0 amide bonds. The van der Waals surface area contributed by atoms with Crippen LogP contribution in [0.25, 0.3) is 0 Å². The molecular weight excluding hydrogens is 276 g/mol. The van der Waals surface area contributed by atoms with Gasteiger partial charge in [-0.1, -0.05) is 19.3 Å². The van der Waals surface area contributed by atoms with Gasteiger partial charge in [-0.25, -0.2) is 0 Å². The van der Waals surface area contributed by atoms with Crippen LogP contribution < -0.4 is 0 Å². The van der Waals surface area contributed by atoms with E-state index in [1.165, 1.54) is 7.11 Å². The highest BCUT2D eigenvalue weighted by molar-refractivity contribution is 5.76. The first-order valence-corrected chi connectivity index (χ1v) is 7.23. The van der Waals surface area contributed by atoms with Crippen molar-refractivity contribution in [3.8, 4) is 0 Å². The minimum atomic E-state index is -0.970. The zero-order valence-corrected chi connectivity index (χ0v) is 13.1. The molecule has 0 aliphatic carbocycles. The molecule has 6 heteroatoms. The first-order chi connectivity index (χ1) is 9.70. The first-order valence-electron chi connectivity index (χ1n) is 7.23. The normalized spacial score (nSPS) is 12.7. The molecule has 1 atom stereocenters. The molecule has 0 aliphatic heterocycles. The predicted molar refractivity (Wildman–Crippen MR) is 76.9 cm³/mol. The molecule has 0 bridgehead atoms. The van der Waals surface area contributed by atoms with Crippen LogP contribution in [0.3, 0.4) is 0 Å². The summed E-state index contributed by atoms with van der Waals surface area (Å²) in [5.74, 6) is -2.54. The molecule has 0 radical (unpaired) electrons. The number of carbonyl (C=O) groups is 3. The topological polar surface area (TPSA) is 101 Å². The third-order valence-electron chi connectivity index (χ3n) is 3.56. The Hall–Kier alpha value is -1.59. The van der Waals surface area contributed by atoms with Gasteiger partial charge in [0.25, 0.3) is 0 Å². The van der Waals surface area contributed by atoms with Gasteiger partial charge in [-0.15, -0.1) is 0 Å². The van der Waals surface area contributed by atoms with Crippen LogP contribution in [-0.2, 0) is 19.1 Å². The average molecular weight is 302 g/mol. The van der Waals surface area contributed by atoms with Crippen molar-refractivity contribution < 1.29 is 29.3 Å². The second-order valence-corrected chi connectivity index (χ2v) is 5.96. The number of aliphatic carboxylic acids is 2. The summed E-state index contributed by atoms with van der Waals surface area (Å²) in [5, 5.41) is 17.7. The Morgan fingerprint density at radius 1 is 1.05 bits per heavy atom. The average Bonchev–Trinajstić information content (AvgIpc) is 2.39. The maximum Gasteiger partial charge on any atom is 0.309 e. The molecule has 2 N–H and O–H groups in total. The number of unbranched alkanes of at least 4 members (excludes halogenated alkanes) is 3. The van der Waals surface area contributed by atoms with E-state index >= 15 is 0 Å². The van der Waals surface area contributed by atoms with E-state index in [0.29, 0.717) is 12.8 Å². The number of carbonyl (C=O) groups excluding carboxylic acids is 1. The first kappa shape index (κ1) is 19.4. The number of carboxylic acids is 2. The molecular formula is C15H26O6. The van der Waals surface area contributed by atoms with Gasteiger partial charge in [-0.2, -0.15) is 0 Å². The maximum atomic E-state index is 11.7. The fourth-order valence-electron chi connectivity index (χ4n) is 2.19. The van der Waals surface area contributed by atoms with Gasteiger partial charge in [0.15, 0.2) is 0 Å². The van der Waals surface area contributed by atoms with Gasteiger partial charge in [0.05, 0.1) is 18.4 Å². The lowest BCUT2D eigenvalue weighted by Crippen LogP contribution is -2.30. The van der Waals surface area contributed by atoms with Crippen LogP contribution in [0.5, 0.6) is 0 Å². The standard InChI is InChI=1S/C15H26O6/c1-15(2,14(19)20)10-11(13(18)21-3)8-6-4-5-7-9-12(16)17/h11H,4-10H2,1-3H3,(H,16,17)(H,19,20). The van der Waals surface area contributed by atoms with E-state index in [2.05, 4.69) is 0 Å². The Kier molecular flexibility index (Phi) is 8.66. The fourth-order valence-corrected chi connectivity index (χ4v) is 2.19. The van der Waals surface area contributed by atoms with Crippen molar-refractivity contribution >= 4 is 17.9 Å². The summed E-state index contributed by atoms with van der Waals surface area (Å²) < 4.78 is 4.74. The predicted octanol–water partition coefficient (Wildman–Crippen LogP) is 2.70. The highest BCUT2D eigenvalue weighted by atomic mass is 16.5. The van der Waals surface area contributed by atoms with E-state index in [1.54, 1.807) is 13.8 Å². The number of methoxy groups -OCH3 is 1. The largest absolute Gasteiger partial charge is 0.481 e. The maximum absolute atomic E-state index is 11.7. The van der Waals surface area contributed by atoms with Gasteiger partial charge < -0.3 is 14.9 Å². The van der Waals surface area contributed by atoms with Crippen LogP contribution in [0.2, 0.25) is 0 Å². The third-order valence-corrected chi connectivity index (χ3v) is 3.56. The zero-order chi connectivity index (χ0) is 16.5. The Labute approximate surface area is 125 Å². The number of rotatable bonds is 11. The summed E-state index contributed by atoms with van der Waals surface area (Å²) in [4.78, 5) is 33.2. The van der Waals surface area contributed by atoms with Crippen LogP contribution in [-0.4, -0.2) is 35.2 Å². The number of hydrogen-bond acceptors (Lipinski definition) is 4. The van der Waals surface area contributed by atoms with Gasteiger partial charge >= 0.3 is 17.9 Å². The van der Waals surface area contributed by atoms with Crippen molar-refractivity contribution in [1.29, 1.82) is 0 Å². The third kappa shape index (κ3) is 8.32. The summed E-state index contributed by atoms with van der Waals surface area (Å²) in [6, 6.07) is 0. The Bertz CT molecular complexity index is 361. The molecule has 0 heterocycles. The summed E-state index contributed by atoms with van der Waals surface area (Å²) in [7, 11) is 1.30. The summed E-state index contributed by atoms with van der Waals surface area (Å²) in [6.07, 6.45) is 3.97. The number of esters is 1. The number of hydrogen-bond donors (Lipinski definition) is 2. The molecule has 1 unspecified atom stereocenters. The summed E-state index contributed by atoms with van der Waals surface area (Å²) >= 11 is 0. The lowest BCUT2D eigenvalue weighted by molar-refractivity contribution is -0.152. The minimum absolute atomic E-state index is 0.159. The van der Waals surface area contributed by atoms with Crippen molar-refractivity contribution in [2.24, 2.45) is 11.3 Å². The van der Waals surface area contributed by atoms with Crippen LogP contribution >= 0.6 is 0 Å². The van der Waals surface area contributed by atoms with Crippen LogP contribution in [0.15, 0.2) is 0 Å². The van der Waals surface area contributed by atoms with E-state index in [4.69, 9.17) is 14.9 Å². The van der Waals surface area contributed by atoms with Crippen LogP contribution in [0.1, 0.15) is 58.8 Å². The fraction of sp³-hybridized carbons (Fsp3) is 0.800. The van der Waals surface area contributed by atoms with Gasteiger partial charge in [-0.05, 0) is 33.1 Å². The SMILES string of the molecule is COC(=O)C(CCCCCCC(=O)O)CC(C)(C)C(=O)O. The van der Waals surface area contributed by atoms with Crippen molar-refractivity contribution in [2.45, 2.75) is 58.8 Å². The lowest BCUT2D eigenvalue weighted by atomic mass is 9.81. The molecule has 6 nitrogen and oxygen atoms in total. The molecule has 0 rings (SSSR count). The molecule has 21 heavy (non-hydrogen) atoms. The highest BCUT2D eigenvalue weighted by Gasteiger charge is 2.33. The Morgan fingerprint density at radius 3 is 2.10 bits per heavy atom. The highest BCUT2D eigenvalue weighted by Crippen LogP contribution is 2.29. The molecule has 0 aromatic rings. The van der Waals surface area contributed by atoms with Crippen molar-refractivity contribution in [1.82, 2.24) is 0 Å². The molecule has 0 aliphatic rings. The second kappa shape index (κ2) is 9.37. The molecule has 0 aromatic carbocycles. The van der Waals surface area contributed by atoms with Crippen LogP contribution in [0.4, 0.5) is 0 Å². The van der Waals surface area contributed by atoms with E-state index in [0.717, 1.165) is 19.3 Å². The van der Waals surface area contributed by atoms with Crippen molar-refractivity contribution in [3.63, 3.8) is 0 Å². The summed E-state index contributed by atoms with van der Waals surface area (Å²) in [5.41, 5.74) is -0.970. The smallest absolute Gasteiger partial charge is 0.309 e. The zero-order valence-electron chi connectivity index (χ0n) is 13.1. The van der Waals surface area contributed by atoms with E-state index in [-0.39, 0.29) is 18.8 Å². The number of carboxylic acid groups (broad SMARTS) is 2. The van der Waals surface area contributed by atoms with Gasteiger partial charge in [0.2, 0.25) is 0 Å². The van der Waals surface area contributed by atoms with Gasteiger partial charge in [0.1, 0.15) is 0 Å². The van der Waals surface area contributed by atoms with E-state index < -0.39 is 23.3 Å². The molecule has 0 fully saturated rings. The van der Waals surface area contributed by atoms with E-state index in [1.807, 2.05) is 0 Å². The molecule has 122 valence electrons. The summed E-state index contributed by atoms with van der Waals surface area (Å²) in [6.45, 7) is 3.19. The lowest BCUT2D eigenvalue weighted by Gasteiger charge is -2.24. The van der Waals surface area contributed by atoms with Crippen molar-refractivity contribution in [2.75, 3.05) is 7.11 Å². The van der Waals surface area contributed by atoms with Gasteiger partial charge in [-0.3, -0.25) is 14.4 Å². The number of ether oxygens (including phenoxy) is 1. The second-order valence-electron chi connectivity index (χ2n) is 5.96. The van der Waals surface area contributed by atoms with E-state index in [9.17, 15) is 14.4 Å². The quantitative estimate of drug-likeness (QED) is 0.449. The molecule has 0 aromatic heterocycles. The molecule has 0 spiro atoms. The van der Waals surface area contributed by atoms with Crippen LogP contribution in [0, 0.1) is 11.3 Å². The Balaban J connectivity index is 4.24. The van der Waals surface area contributed by atoms with Gasteiger partial charge in [0, 0.05) is 6.42 Å². The Morgan fingerprint density at radius 2 is 1.62 bits per heavy atom. The monoisotopic (exact) mass is 302 g/mol. The van der Waals surface area contributed by atoms with Crippen molar-refractivity contribution in [3.05, 3.63) is 0 Å². The minimum Gasteiger partial charge on any atom is -0.481 e. The molecule has 0 saturated carbocycles.